The minimum absolute atomic E-state index is 0.0450. The lowest BCUT2D eigenvalue weighted by Gasteiger charge is -2.35. The number of hydrogen-bond acceptors (Lipinski definition) is 4. The summed E-state index contributed by atoms with van der Waals surface area (Å²) in [6.45, 7) is 4.81. The van der Waals surface area contributed by atoms with E-state index in [0.29, 0.717) is 0 Å². The largest absolute Gasteiger partial charge is 0.394 e. The number of aliphatic hydroxyl groups excluding tert-OH is 1. The van der Waals surface area contributed by atoms with Crippen LogP contribution in [0, 0.1) is 0 Å². The Morgan fingerprint density at radius 2 is 1.84 bits per heavy atom. The molecule has 1 saturated heterocycles. The summed E-state index contributed by atoms with van der Waals surface area (Å²) in [4.78, 5) is 15.4. The molecule has 1 aromatic rings. The Bertz CT molecular complexity index is 425. The van der Waals surface area contributed by atoms with Crippen LogP contribution in [0.25, 0.3) is 0 Å². The number of benzene rings is 1. The van der Waals surface area contributed by atoms with E-state index in [2.05, 4.69) is 4.90 Å². The van der Waals surface area contributed by atoms with Gasteiger partial charge >= 0.3 is 0 Å². The number of carbonyl (C=O) groups excluding carboxylic acids is 1. The zero-order valence-electron chi connectivity index (χ0n) is 11.2. The minimum atomic E-state index is -0.316. The van der Waals surface area contributed by atoms with E-state index >= 15 is 0 Å². The highest BCUT2D eigenvalue weighted by molar-refractivity contribution is 5.73. The summed E-state index contributed by atoms with van der Waals surface area (Å²) in [5, 5.41) is 9.01. The number of hydrogen-bond donors (Lipinski definition) is 2. The molecule has 1 atom stereocenters. The molecule has 0 saturated carbocycles. The molecule has 2 rings (SSSR count). The predicted octanol–water partition coefficient (Wildman–Crippen LogP) is 0.347. The summed E-state index contributed by atoms with van der Waals surface area (Å²) in [5.74, 6) is 0.143. The lowest BCUT2D eigenvalue weighted by molar-refractivity contribution is -0.129. The molecule has 1 amide bonds. The first-order valence-corrected chi connectivity index (χ1v) is 6.58. The van der Waals surface area contributed by atoms with E-state index in [4.69, 9.17) is 10.8 Å². The Balaban J connectivity index is 1.98. The van der Waals surface area contributed by atoms with Crippen molar-refractivity contribution in [2.24, 2.45) is 5.73 Å². The summed E-state index contributed by atoms with van der Waals surface area (Å²) in [6, 6.07) is 7.63. The number of carbonyl (C=O) groups is 1. The third-order valence-corrected chi connectivity index (χ3v) is 3.61. The molecule has 5 heteroatoms. The standard InChI is InChI=1S/C14H21N3O2/c1-11(19)16-6-8-17(9-7-16)13-4-2-12(3-5-13)14(15)10-18/h2-5,14,18H,6-10,15H2,1H3/t14-/m1/s1. The van der Waals surface area contributed by atoms with E-state index in [-0.39, 0.29) is 18.6 Å². The molecule has 0 unspecified atom stereocenters. The SMILES string of the molecule is CC(=O)N1CCN(c2ccc([C@H](N)CO)cc2)CC1. The molecule has 0 aromatic heterocycles. The van der Waals surface area contributed by atoms with Gasteiger partial charge in [-0.3, -0.25) is 4.79 Å². The molecule has 0 spiro atoms. The molecule has 0 radical (unpaired) electrons. The minimum Gasteiger partial charge on any atom is -0.394 e. The maximum atomic E-state index is 11.3. The van der Waals surface area contributed by atoms with Gasteiger partial charge in [0, 0.05) is 38.8 Å². The normalized spacial score (nSPS) is 17.4. The predicted molar refractivity (Wildman–Crippen MR) is 74.9 cm³/mol. The Morgan fingerprint density at radius 3 is 2.32 bits per heavy atom. The highest BCUT2D eigenvalue weighted by Gasteiger charge is 2.18. The van der Waals surface area contributed by atoms with Crippen LogP contribution in [0.1, 0.15) is 18.5 Å². The molecule has 0 bridgehead atoms. The van der Waals surface area contributed by atoms with Crippen LogP contribution < -0.4 is 10.6 Å². The molecule has 1 heterocycles. The average Bonchev–Trinajstić information content (AvgIpc) is 2.46. The van der Waals surface area contributed by atoms with Gasteiger partial charge < -0.3 is 20.6 Å². The molecular formula is C14H21N3O2. The van der Waals surface area contributed by atoms with Gasteiger partial charge in [-0.15, -0.1) is 0 Å². The van der Waals surface area contributed by atoms with Crippen molar-refractivity contribution in [3.8, 4) is 0 Å². The molecule has 0 aliphatic carbocycles. The molecule has 19 heavy (non-hydrogen) atoms. The summed E-state index contributed by atoms with van der Waals surface area (Å²) in [6.07, 6.45) is 0. The van der Waals surface area contributed by atoms with E-state index in [1.807, 2.05) is 29.2 Å². The van der Waals surface area contributed by atoms with Gasteiger partial charge in [-0.05, 0) is 17.7 Å². The van der Waals surface area contributed by atoms with Gasteiger partial charge in [0.2, 0.25) is 5.91 Å². The second-order valence-electron chi connectivity index (χ2n) is 4.87. The lowest BCUT2D eigenvalue weighted by Crippen LogP contribution is -2.48. The zero-order chi connectivity index (χ0) is 13.8. The highest BCUT2D eigenvalue weighted by atomic mass is 16.3. The second kappa shape index (κ2) is 6.04. The molecule has 5 nitrogen and oxygen atoms in total. The van der Waals surface area contributed by atoms with Crippen LogP contribution in [0.4, 0.5) is 5.69 Å². The first-order valence-electron chi connectivity index (χ1n) is 6.58. The summed E-state index contributed by atoms with van der Waals surface area (Å²) in [7, 11) is 0. The van der Waals surface area contributed by atoms with Crippen molar-refractivity contribution in [3.63, 3.8) is 0 Å². The van der Waals surface area contributed by atoms with Gasteiger partial charge in [0.15, 0.2) is 0 Å². The monoisotopic (exact) mass is 263 g/mol. The molecular weight excluding hydrogens is 242 g/mol. The maximum absolute atomic E-state index is 11.3. The third kappa shape index (κ3) is 3.24. The van der Waals surface area contributed by atoms with Crippen LogP contribution in [-0.4, -0.2) is 48.7 Å². The molecule has 1 aliphatic rings. The van der Waals surface area contributed by atoms with Crippen molar-refractivity contribution in [3.05, 3.63) is 29.8 Å². The molecule has 1 aromatic carbocycles. The number of rotatable bonds is 3. The fraction of sp³-hybridized carbons (Fsp3) is 0.500. The summed E-state index contributed by atoms with van der Waals surface area (Å²) < 4.78 is 0. The van der Waals surface area contributed by atoms with E-state index in [0.717, 1.165) is 37.4 Å². The average molecular weight is 263 g/mol. The van der Waals surface area contributed by atoms with Crippen LogP contribution >= 0.6 is 0 Å². The Hall–Kier alpha value is -1.59. The van der Waals surface area contributed by atoms with Crippen molar-refractivity contribution in [1.29, 1.82) is 0 Å². The third-order valence-electron chi connectivity index (χ3n) is 3.61. The van der Waals surface area contributed by atoms with E-state index in [1.54, 1.807) is 6.92 Å². The van der Waals surface area contributed by atoms with Crippen molar-refractivity contribution in [2.45, 2.75) is 13.0 Å². The smallest absolute Gasteiger partial charge is 0.219 e. The molecule has 1 fully saturated rings. The van der Waals surface area contributed by atoms with Gasteiger partial charge in [0.1, 0.15) is 0 Å². The van der Waals surface area contributed by atoms with Gasteiger partial charge in [0.25, 0.3) is 0 Å². The van der Waals surface area contributed by atoms with Crippen molar-refractivity contribution in [2.75, 3.05) is 37.7 Å². The van der Waals surface area contributed by atoms with Gasteiger partial charge in [0.05, 0.1) is 12.6 Å². The summed E-state index contributed by atoms with van der Waals surface area (Å²) in [5.41, 5.74) is 7.84. The topological polar surface area (TPSA) is 69.8 Å². The number of piperazine rings is 1. The summed E-state index contributed by atoms with van der Waals surface area (Å²) >= 11 is 0. The molecule has 104 valence electrons. The van der Waals surface area contributed by atoms with Gasteiger partial charge in [-0.1, -0.05) is 12.1 Å². The Morgan fingerprint density at radius 1 is 1.26 bits per heavy atom. The number of anilines is 1. The number of nitrogens with zero attached hydrogens (tertiary/aromatic N) is 2. The number of nitrogens with two attached hydrogens (primary N) is 1. The van der Waals surface area contributed by atoms with Crippen molar-refractivity contribution < 1.29 is 9.90 Å². The van der Waals surface area contributed by atoms with Crippen LogP contribution in [0.3, 0.4) is 0 Å². The Labute approximate surface area is 113 Å². The van der Waals surface area contributed by atoms with E-state index < -0.39 is 0 Å². The fourth-order valence-corrected chi connectivity index (χ4v) is 2.32. The first-order chi connectivity index (χ1) is 9.11. The highest BCUT2D eigenvalue weighted by Crippen LogP contribution is 2.19. The quantitative estimate of drug-likeness (QED) is 0.825. The molecule has 1 aliphatic heterocycles. The zero-order valence-corrected chi connectivity index (χ0v) is 11.2. The van der Waals surface area contributed by atoms with Crippen LogP contribution in [-0.2, 0) is 4.79 Å². The van der Waals surface area contributed by atoms with Crippen molar-refractivity contribution >= 4 is 11.6 Å². The fourth-order valence-electron chi connectivity index (χ4n) is 2.32. The van der Waals surface area contributed by atoms with Gasteiger partial charge in [-0.25, -0.2) is 0 Å². The van der Waals surface area contributed by atoms with Crippen LogP contribution in [0.2, 0.25) is 0 Å². The van der Waals surface area contributed by atoms with Crippen LogP contribution in [0.15, 0.2) is 24.3 Å². The molecule has 3 N–H and O–H groups in total. The van der Waals surface area contributed by atoms with E-state index in [9.17, 15) is 4.79 Å². The number of aliphatic hydroxyl groups is 1. The van der Waals surface area contributed by atoms with E-state index in [1.165, 1.54) is 0 Å². The second-order valence-corrected chi connectivity index (χ2v) is 4.87. The van der Waals surface area contributed by atoms with Gasteiger partial charge in [-0.2, -0.15) is 0 Å². The first kappa shape index (κ1) is 13.8. The number of amides is 1. The Kier molecular flexibility index (Phi) is 4.39. The maximum Gasteiger partial charge on any atom is 0.219 e. The van der Waals surface area contributed by atoms with Crippen molar-refractivity contribution in [1.82, 2.24) is 4.90 Å². The van der Waals surface area contributed by atoms with Crippen LogP contribution in [0.5, 0.6) is 0 Å². The lowest BCUT2D eigenvalue weighted by atomic mass is 10.1.